The molecule has 4 heteroatoms. The van der Waals surface area contributed by atoms with Gasteiger partial charge in [0.25, 0.3) is 0 Å². The van der Waals surface area contributed by atoms with Crippen molar-refractivity contribution < 1.29 is 9.53 Å². The van der Waals surface area contributed by atoms with Crippen molar-refractivity contribution in [2.75, 3.05) is 19.6 Å². The molecular weight excluding hydrogens is 334 g/mol. The number of esters is 1. The van der Waals surface area contributed by atoms with Crippen LogP contribution < -0.4 is 4.74 Å². The molecule has 0 amide bonds. The molecule has 2 aromatic carbocycles. The second-order valence-electron chi connectivity index (χ2n) is 6.45. The zero-order valence-corrected chi connectivity index (χ0v) is 15.9. The number of para-hydroxylation sites is 1. The molecule has 0 fully saturated rings. The molecule has 0 bridgehead atoms. The molecule has 3 nitrogen and oxygen atoms in total. The van der Waals surface area contributed by atoms with Gasteiger partial charge in [0.2, 0.25) is 0 Å². The van der Waals surface area contributed by atoms with Gasteiger partial charge >= 0.3 is 5.97 Å². The lowest BCUT2D eigenvalue weighted by Gasteiger charge is -2.36. The molecule has 0 radical (unpaired) electrons. The Morgan fingerprint density at radius 1 is 1.00 bits per heavy atom. The molecular formula is C21H26ClNO2. The first kappa shape index (κ1) is 19.5. The van der Waals surface area contributed by atoms with E-state index in [2.05, 4.69) is 25.7 Å². The highest BCUT2D eigenvalue weighted by atomic mass is 35.5. The summed E-state index contributed by atoms with van der Waals surface area (Å²) in [6, 6.07) is 17.9. The maximum absolute atomic E-state index is 13.1. The molecule has 0 aromatic heterocycles. The number of fused-ring (bicyclic) bond motifs is 1. The van der Waals surface area contributed by atoms with E-state index in [4.69, 9.17) is 4.74 Å². The van der Waals surface area contributed by atoms with E-state index in [1.165, 1.54) is 0 Å². The molecule has 0 N–H and O–H groups in total. The van der Waals surface area contributed by atoms with Gasteiger partial charge in [0.05, 0.1) is 0 Å². The summed E-state index contributed by atoms with van der Waals surface area (Å²) in [5.41, 5.74) is 1.26. The molecule has 2 unspecified atom stereocenters. The summed E-state index contributed by atoms with van der Waals surface area (Å²) in [5.74, 6) is 0.642. The first-order valence-electron chi connectivity index (χ1n) is 8.74. The van der Waals surface area contributed by atoms with Crippen molar-refractivity contribution >= 4 is 18.4 Å². The molecule has 3 rings (SSSR count). The Labute approximate surface area is 156 Å². The minimum absolute atomic E-state index is 0. The fourth-order valence-electron chi connectivity index (χ4n) is 3.90. The van der Waals surface area contributed by atoms with E-state index in [0.717, 1.165) is 30.8 Å². The maximum atomic E-state index is 13.1. The zero-order chi connectivity index (χ0) is 17.2. The lowest BCUT2D eigenvalue weighted by atomic mass is 9.67. The Balaban J connectivity index is 0.00000225. The Kier molecular flexibility index (Phi) is 6.26. The number of ether oxygens (including phenoxy) is 1. The Bertz CT molecular complexity index is 715. The number of halogens is 1. The van der Waals surface area contributed by atoms with Crippen molar-refractivity contribution in [2.45, 2.75) is 26.2 Å². The Morgan fingerprint density at radius 3 is 2.24 bits per heavy atom. The third kappa shape index (κ3) is 3.19. The lowest BCUT2D eigenvalue weighted by Crippen LogP contribution is -2.46. The average molecular weight is 360 g/mol. The molecule has 134 valence electrons. The molecule has 1 aliphatic rings. The molecule has 0 saturated heterocycles. The van der Waals surface area contributed by atoms with Crippen LogP contribution in [0.2, 0.25) is 0 Å². The van der Waals surface area contributed by atoms with Crippen molar-refractivity contribution in [1.82, 2.24) is 4.90 Å². The molecule has 0 saturated carbocycles. The fraction of sp³-hybridized carbons (Fsp3) is 0.381. The Morgan fingerprint density at radius 2 is 1.60 bits per heavy atom. The monoisotopic (exact) mass is 359 g/mol. The molecule has 0 spiro atoms. The standard InChI is InChI=1S/C21H25NO2.ClH/c1-4-22(5-2)15-16(3)21(17-11-7-6-8-12-17)18-13-9-10-14-19(18)24-20(21)23;/h6-14,16H,4-5,15H2,1-3H3;1H. The fourth-order valence-corrected chi connectivity index (χ4v) is 3.90. The van der Waals surface area contributed by atoms with Gasteiger partial charge in [-0.25, -0.2) is 0 Å². The SMILES string of the molecule is CCN(CC)CC(C)C1(c2ccccc2)C(=O)Oc2ccccc21.Cl. The average Bonchev–Trinajstić information content (AvgIpc) is 2.93. The van der Waals surface area contributed by atoms with Crippen LogP contribution in [0.3, 0.4) is 0 Å². The lowest BCUT2D eigenvalue weighted by molar-refractivity contribution is -0.138. The van der Waals surface area contributed by atoms with E-state index in [9.17, 15) is 4.79 Å². The van der Waals surface area contributed by atoms with Crippen LogP contribution in [0.1, 0.15) is 31.9 Å². The first-order chi connectivity index (χ1) is 11.6. The second-order valence-corrected chi connectivity index (χ2v) is 6.45. The van der Waals surface area contributed by atoms with Gasteiger partial charge in [0.1, 0.15) is 11.2 Å². The van der Waals surface area contributed by atoms with Gasteiger partial charge < -0.3 is 9.64 Å². The predicted molar refractivity (Wildman–Crippen MR) is 103 cm³/mol. The van der Waals surface area contributed by atoms with Crippen LogP contribution in [-0.4, -0.2) is 30.5 Å². The van der Waals surface area contributed by atoms with E-state index in [1.807, 2.05) is 54.6 Å². The van der Waals surface area contributed by atoms with Crippen molar-refractivity contribution in [1.29, 1.82) is 0 Å². The van der Waals surface area contributed by atoms with Crippen LogP contribution in [-0.2, 0) is 10.2 Å². The van der Waals surface area contributed by atoms with E-state index >= 15 is 0 Å². The minimum Gasteiger partial charge on any atom is -0.425 e. The van der Waals surface area contributed by atoms with Crippen LogP contribution in [0.5, 0.6) is 5.75 Å². The Hall–Kier alpha value is -1.84. The molecule has 1 aliphatic heterocycles. The van der Waals surface area contributed by atoms with E-state index < -0.39 is 5.41 Å². The highest BCUT2D eigenvalue weighted by molar-refractivity contribution is 5.94. The number of carbonyl (C=O) groups is 1. The first-order valence-corrected chi connectivity index (χ1v) is 8.74. The van der Waals surface area contributed by atoms with Gasteiger partial charge in [-0.2, -0.15) is 0 Å². The van der Waals surface area contributed by atoms with Crippen molar-refractivity contribution in [3.8, 4) is 5.75 Å². The largest absolute Gasteiger partial charge is 0.425 e. The summed E-state index contributed by atoms with van der Waals surface area (Å²) in [4.78, 5) is 15.5. The molecule has 2 atom stereocenters. The molecule has 0 aliphatic carbocycles. The number of hydrogen-bond acceptors (Lipinski definition) is 3. The quantitative estimate of drug-likeness (QED) is 0.569. The van der Waals surface area contributed by atoms with E-state index in [-0.39, 0.29) is 24.3 Å². The van der Waals surface area contributed by atoms with Crippen LogP contribution in [0.15, 0.2) is 54.6 Å². The number of carbonyl (C=O) groups excluding carboxylic acids is 1. The maximum Gasteiger partial charge on any atom is 0.326 e. The van der Waals surface area contributed by atoms with Gasteiger partial charge in [-0.05, 0) is 30.6 Å². The van der Waals surface area contributed by atoms with Gasteiger partial charge in [-0.15, -0.1) is 12.4 Å². The van der Waals surface area contributed by atoms with Crippen molar-refractivity contribution in [3.05, 3.63) is 65.7 Å². The van der Waals surface area contributed by atoms with Gasteiger partial charge in [0.15, 0.2) is 0 Å². The number of nitrogens with zero attached hydrogens (tertiary/aromatic N) is 1. The van der Waals surface area contributed by atoms with Crippen molar-refractivity contribution in [2.24, 2.45) is 5.92 Å². The summed E-state index contributed by atoms with van der Waals surface area (Å²) in [5, 5.41) is 0. The second kappa shape index (κ2) is 8.03. The molecule has 2 aromatic rings. The third-order valence-electron chi connectivity index (χ3n) is 5.23. The summed E-state index contributed by atoms with van der Waals surface area (Å²) >= 11 is 0. The summed E-state index contributed by atoms with van der Waals surface area (Å²) < 4.78 is 5.69. The van der Waals surface area contributed by atoms with Crippen LogP contribution >= 0.6 is 12.4 Å². The summed E-state index contributed by atoms with van der Waals surface area (Å²) in [7, 11) is 0. The summed E-state index contributed by atoms with van der Waals surface area (Å²) in [6.07, 6.45) is 0. The predicted octanol–water partition coefficient (Wildman–Crippen LogP) is 4.29. The zero-order valence-electron chi connectivity index (χ0n) is 15.1. The van der Waals surface area contributed by atoms with Crippen LogP contribution in [0.25, 0.3) is 0 Å². The normalized spacial score (nSPS) is 19.9. The smallest absolute Gasteiger partial charge is 0.326 e. The van der Waals surface area contributed by atoms with Gasteiger partial charge in [0, 0.05) is 12.1 Å². The van der Waals surface area contributed by atoms with Crippen LogP contribution in [0, 0.1) is 5.92 Å². The number of hydrogen-bond donors (Lipinski definition) is 0. The number of benzene rings is 2. The third-order valence-corrected chi connectivity index (χ3v) is 5.23. The van der Waals surface area contributed by atoms with Crippen LogP contribution in [0.4, 0.5) is 0 Å². The van der Waals surface area contributed by atoms with Gasteiger partial charge in [-0.1, -0.05) is 69.3 Å². The van der Waals surface area contributed by atoms with E-state index in [1.54, 1.807) is 0 Å². The van der Waals surface area contributed by atoms with E-state index in [0.29, 0.717) is 5.75 Å². The topological polar surface area (TPSA) is 29.5 Å². The molecule has 25 heavy (non-hydrogen) atoms. The van der Waals surface area contributed by atoms with Crippen molar-refractivity contribution in [3.63, 3.8) is 0 Å². The number of rotatable bonds is 6. The van der Waals surface area contributed by atoms with Gasteiger partial charge in [-0.3, -0.25) is 4.79 Å². The summed E-state index contributed by atoms with van der Waals surface area (Å²) in [6.45, 7) is 9.28. The highest BCUT2D eigenvalue weighted by Crippen LogP contribution is 2.49. The molecule has 1 heterocycles. The highest BCUT2D eigenvalue weighted by Gasteiger charge is 2.54. The minimum atomic E-state index is -0.736.